The fourth-order valence-electron chi connectivity index (χ4n) is 1.89. The Bertz CT molecular complexity index is 831. The first-order valence-corrected chi connectivity index (χ1v) is 8.54. The minimum absolute atomic E-state index is 0.0302. The largest absolute Gasteiger partial charge is 0.441 e. The first-order valence-electron chi connectivity index (χ1n) is 6.74. The van der Waals surface area contributed by atoms with Gasteiger partial charge in [-0.15, -0.1) is 10.2 Å². The summed E-state index contributed by atoms with van der Waals surface area (Å²) in [7, 11) is 0. The summed E-state index contributed by atoms with van der Waals surface area (Å²) in [5.41, 5.74) is 0.674. The molecule has 0 saturated heterocycles. The lowest BCUT2D eigenvalue weighted by Crippen LogP contribution is -1.88. The monoisotopic (exact) mass is 348 g/mol. The quantitative estimate of drug-likeness (QED) is 0.380. The molecule has 0 aliphatic rings. The summed E-state index contributed by atoms with van der Waals surface area (Å²) in [4.78, 5) is 14.6. The first-order chi connectivity index (χ1) is 11.1. The molecular weight excluding hydrogens is 336 g/mol. The summed E-state index contributed by atoms with van der Waals surface area (Å²) in [5.74, 6) is 1.91. The smallest absolute Gasteiger partial charge is 0.270 e. The Morgan fingerprint density at radius 3 is 3.00 bits per heavy atom. The Hall–Kier alpha value is -2.26. The van der Waals surface area contributed by atoms with Crippen LogP contribution in [0.5, 0.6) is 0 Å². The molecule has 7 nitrogen and oxygen atoms in total. The topological polar surface area (TPSA) is 95.0 Å². The number of nitrogens with zero attached hydrogens (tertiary/aromatic N) is 4. The average molecular weight is 348 g/mol. The Morgan fingerprint density at radius 2 is 2.26 bits per heavy atom. The molecule has 0 amide bonds. The van der Waals surface area contributed by atoms with Crippen molar-refractivity contribution >= 4 is 28.8 Å². The van der Waals surface area contributed by atoms with Crippen molar-refractivity contribution in [1.29, 1.82) is 0 Å². The lowest BCUT2D eigenvalue weighted by molar-refractivity contribution is -0.384. The van der Waals surface area contributed by atoms with E-state index < -0.39 is 4.92 Å². The van der Waals surface area contributed by atoms with Gasteiger partial charge in [-0.25, -0.2) is 4.98 Å². The molecule has 118 valence electrons. The molecule has 2 aromatic heterocycles. The molecule has 0 fully saturated rings. The van der Waals surface area contributed by atoms with Crippen LogP contribution in [0.25, 0.3) is 11.3 Å². The molecule has 0 aliphatic heterocycles. The minimum Gasteiger partial charge on any atom is -0.441 e. The van der Waals surface area contributed by atoms with Crippen molar-refractivity contribution in [2.75, 3.05) is 5.75 Å². The predicted octanol–water partition coefficient (Wildman–Crippen LogP) is 3.74. The van der Waals surface area contributed by atoms with Crippen LogP contribution in [0.3, 0.4) is 0 Å². The van der Waals surface area contributed by atoms with Gasteiger partial charge in [0.25, 0.3) is 5.69 Å². The van der Waals surface area contributed by atoms with Crippen LogP contribution in [0.4, 0.5) is 5.69 Å². The zero-order chi connectivity index (χ0) is 16.2. The van der Waals surface area contributed by atoms with E-state index in [1.807, 2.05) is 6.92 Å². The van der Waals surface area contributed by atoms with Crippen molar-refractivity contribution in [3.63, 3.8) is 0 Å². The van der Waals surface area contributed by atoms with E-state index in [1.165, 1.54) is 12.1 Å². The molecule has 0 bridgehead atoms. The van der Waals surface area contributed by atoms with Gasteiger partial charge >= 0.3 is 0 Å². The van der Waals surface area contributed by atoms with Crippen molar-refractivity contribution in [3.05, 3.63) is 51.5 Å². The molecular formula is C14H12N4O3S2. The maximum absolute atomic E-state index is 10.8. The third kappa shape index (κ3) is 3.93. The fraction of sp³-hybridized carbons (Fsp3) is 0.214. The van der Waals surface area contributed by atoms with E-state index in [0.29, 0.717) is 23.6 Å². The predicted molar refractivity (Wildman–Crippen MR) is 87.7 cm³/mol. The molecule has 0 radical (unpaired) electrons. The van der Waals surface area contributed by atoms with Crippen LogP contribution in [0.2, 0.25) is 0 Å². The second kappa shape index (κ2) is 6.88. The van der Waals surface area contributed by atoms with Crippen LogP contribution in [0.15, 0.2) is 39.2 Å². The number of rotatable bonds is 6. The molecule has 0 spiro atoms. The highest BCUT2D eigenvalue weighted by atomic mass is 32.2. The summed E-state index contributed by atoms with van der Waals surface area (Å²) < 4.78 is 6.59. The maximum Gasteiger partial charge on any atom is 0.270 e. The number of thioether (sulfide) groups is 1. The van der Waals surface area contributed by atoms with Crippen molar-refractivity contribution < 1.29 is 9.34 Å². The Morgan fingerprint density at radius 1 is 1.39 bits per heavy atom. The molecule has 0 aliphatic carbocycles. The number of aromatic nitrogens is 3. The van der Waals surface area contributed by atoms with Gasteiger partial charge in [0.2, 0.25) is 0 Å². The highest BCUT2D eigenvalue weighted by Crippen LogP contribution is 2.26. The summed E-state index contributed by atoms with van der Waals surface area (Å²) >= 11 is 3.16. The van der Waals surface area contributed by atoms with Crippen LogP contribution in [-0.2, 0) is 6.42 Å². The normalized spacial score (nSPS) is 10.8. The van der Waals surface area contributed by atoms with Crippen molar-refractivity contribution in [2.24, 2.45) is 0 Å². The molecule has 3 rings (SSSR count). The minimum atomic E-state index is -0.429. The highest BCUT2D eigenvalue weighted by Gasteiger charge is 2.11. The zero-order valence-electron chi connectivity index (χ0n) is 12.1. The lowest BCUT2D eigenvalue weighted by atomic mass is 10.2. The zero-order valence-corrected chi connectivity index (χ0v) is 13.8. The third-order valence-electron chi connectivity index (χ3n) is 2.94. The fourth-order valence-corrected chi connectivity index (χ4v) is 3.71. The number of aryl methyl sites for hydroxylation is 2. The molecule has 1 aromatic carbocycles. The maximum atomic E-state index is 10.8. The lowest BCUT2D eigenvalue weighted by Gasteiger charge is -1.97. The second-order valence-corrected chi connectivity index (χ2v) is 7.13. The molecule has 0 saturated carbocycles. The van der Waals surface area contributed by atoms with Gasteiger partial charge in [-0.3, -0.25) is 10.1 Å². The summed E-state index contributed by atoms with van der Waals surface area (Å²) in [6.45, 7) is 1.92. The number of hydrogen-bond acceptors (Lipinski definition) is 8. The number of nitro benzene ring substituents is 1. The van der Waals surface area contributed by atoms with Crippen LogP contribution in [-0.4, -0.2) is 25.9 Å². The summed E-state index contributed by atoms with van der Waals surface area (Å²) in [5, 5.41) is 19.8. The second-order valence-electron chi connectivity index (χ2n) is 4.61. The molecule has 0 unspecified atom stereocenters. The van der Waals surface area contributed by atoms with Gasteiger partial charge in [-0.05, 0) is 6.92 Å². The van der Waals surface area contributed by atoms with E-state index >= 15 is 0 Å². The average Bonchev–Trinajstić information content (AvgIpc) is 3.17. The first kappa shape index (κ1) is 15.6. The number of hydrogen-bond donors (Lipinski definition) is 0. The van der Waals surface area contributed by atoms with Gasteiger partial charge in [-0.1, -0.05) is 35.2 Å². The van der Waals surface area contributed by atoms with E-state index in [0.717, 1.165) is 15.1 Å². The Labute approximate surface area is 139 Å². The molecule has 23 heavy (non-hydrogen) atoms. The van der Waals surface area contributed by atoms with E-state index in [4.69, 9.17) is 4.42 Å². The number of nitro groups is 1. The Kier molecular flexibility index (Phi) is 4.68. The Balaban J connectivity index is 1.63. The van der Waals surface area contributed by atoms with Crippen LogP contribution < -0.4 is 0 Å². The molecule has 0 atom stereocenters. The van der Waals surface area contributed by atoms with Crippen LogP contribution in [0.1, 0.15) is 10.9 Å². The molecule has 0 N–H and O–H groups in total. The number of non-ortho nitro benzene ring substituents is 1. The van der Waals surface area contributed by atoms with Crippen LogP contribution in [0, 0.1) is 17.0 Å². The van der Waals surface area contributed by atoms with Crippen molar-refractivity contribution in [1.82, 2.24) is 15.2 Å². The summed E-state index contributed by atoms with van der Waals surface area (Å²) in [6, 6.07) is 6.31. The van der Waals surface area contributed by atoms with Gasteiger partial charge in [0.1, 0.15) is 5.01 Å². The van der Waals surface area contributed by atoms with E-state index in [-0.39, 0.29) is 5.69 Å². The molecule has 2 heterocycles. The van der Waals surface area contributed by atoms with E-state index in [1.54, 1.807) is 41.4 Å². The third-order valence-corrected chi connectivity index (χ3v) is 4.92. The SMILES string of the molecule is Cc1nnc(SCCc2ncc(-c3cccc([N+](=O)[O-])c3)o2)s1. The van der Waals surface area contributed by atoms with E-state index in [2.05, 4.69) is 15.2 Å². The van der Waals surface area contributed by atoms with Crippen molar-refractivity contribution in [3.8, 4) is 11.3 Å². The molecule has 9 heteroatoms. The number of benzene rings is 1. The highest BCUT2D eigenvalue weighted by molar-refractivity contribution is 8.01. The van der Waals surface area contributed by atoms with Gasteiger partial charge in [0.15, 0.2) is 16.0 Å². The van der Waals surface area contributed by atoms with Gasteiger partial charge in [0, 0.05) is 29.9 Å². The van der Waals surface area contributed by atoms with Crippen LogP contribution >= 0.6 is 23.1 Å². The number of oxazole rings is 1. The van der Waals surface area contributed by atoms with E-state index in [9.17, 15) is 10.1 Å². The van der Waals surface area contributed by atoms with Gasteiger partial charge in [-0.2, -0.15) is 0 Å². The van der Waals surface area contributed by atoms with Gasteiger partial charge in [0.05, 0.1) is 11.1 Å². The van der Waals surface area contributed by atoms with Crippen molar-refractivity contribution in [2.45, 2.75) is 17.7 Å². The summed E-state index contributed by atoms with van der Waals surface area (Å²) in [6.07, 6.45) is 2.24. The van der Waals surface area contributed by atoms with Gasteiger partial charge < -0.3 is 4.42 Å². The standard InChI is InChI=1S/C14H12N4O3S2/c1-9-16-17-14(23-9)22-6-5-13-15-8-12(21-13)10-3-2-4-11(7-10)18(19)20/h2-4,7-8H,5-6H2,1H3. The molecule has 3 aromatic rings.